The number of carbonyl (C=O) groups excluding carboxylic acids is 1. The van der Waals surface area contributed by atoms with Gasteiger partial charge in [-0.3, -0.25) is 4.79 Å². The summed E-state index contributed by atoms with van der Waals surface area (Å²) >= 11 is 0. The topological polar surface area (TPSA) is 55.8 Å². The molecule has 36 heavy (non-hydrogen) atoms. The van der Waals surface area contributed by atoms with E-state index < -0.39 is 12.0 Å². The second kappa shape index (κ2) is 9.20. The molecule has 0 saturated heterocycles. The number of aliphatic hydroxyl groups is 1. The monoisotopic (exact) mass is 494 g/mol. The molecule has 2 heterocycles. The molecule has 1 aliphatic carbocycles. The summed E-state index contributed by atoms with van der Waals surface area (Å²) in [5.41, 5.74) is 1.67. The quantitative estimate of drug-likeness (QED) is 0.402. The van der Waals surface area contributed by atoms with Crippen molar-refractivity contribution < 1.29 is 19.4 Å². The van der Waals surface area contributed by atoms with E-state index in [0.29, 0.717) is 5.57 Å². The van der Waals surface area contributed by atoms with Crippen molar-refractivity contribution in [3.63, 3.8) is 0 Å². The fourth-order valence-electron chi connectivity index (χ4n) is 4.14. The van der Waals surface area contributed by atoms with Crippen LogP contribution in [0.4, 0.5) is 0 Å². The maximum absolute atomic E-state index is 13.2. The van der Waals surface area contributed by atoms with E-state index in [2.05, 4.69) is 89.2 Å². The molecule has 0 spiro atoms. The maximum atomic E-state index is 13.2. The minimum absolute atomic E-state index is 0.0386. The Morgan fingerprint density at radius 1 is 0.778 bits per heavy atom. The highest BCUT2D eigenvalue weighted by atomic mass is 16.5. The van der Waals surface area contributed by atoms with E-state index in [9.17, 15) is 9.90 Å². The summed E-state index contributed by atoms with van der Waals surface area (Å²) in [5.74, 6) is 2.00. The summed E-state index contributed by atoms with van der Waals surface area (Å²) in [5, 5.41) is 11.0. The normalized spacial score (nSPS) is 26.8. The Kier molecular flexibility index (Phi) is 7.22. The fourth-order valence-corrected chi connectivity index (χ4v) is 4.14. The number of carbonyl (C=O) groups is 1. The molecular formula is C32H46O4. The summed E-state index contributed by atoms with van der Waals surface area (Å²) in [6.07, 6.45) is 10.8. The van der Waals surface area contributed by atoms with E-state index in [1.165, 1.54) is 0 Å². The van der Waals surface area contributed by atoms with Gasteiger partial charge in [-0.2, -0.15) is 0 Å². The van der Waals surface area contributed by atoms with Gasteiger partial charge < -0.3 is 14.6 Å². The highest BCUT2D eigenvalue weighted by Gasteiger charge is 2.43. The van der Waals surface area contributed by atoms with E-state index in [0.717, 1.165) is 28.4 Å². The molecule has 198 valence electrons. The Bertz CT molecular complexity index is 1060. The maximum Gasteiger partial charge on any atom is 0.171 e. The molecule has 0 aromatic carbocycles. The van der Waals surface area contributed by atoms with Crippen molar-refractivity contribution in [1.82, 2.24) is 0 Å². The first-order chi connectivity index (χ1) is 16.2. The summed E-state index contributed by atoms with van der Waals surface area (Å²) in [6.45, 7) is 25.4. The molecule has 0 radical (unpaired) electrons. The third-order valence-electron chi connectivity index (χ3n) is 6.72. The van der Waals surface area contributed by atoms with Gasteiger partial charge in [0.15, 0.2) is 5.78 Å². The number of ether oxygens (including phenoxy) is 2. The van der Waals surface area contributed by atoms with Crippen LogP contribution in [0.3, 0.4) is 0 Å². The van der Waals surface area contributed by atoms with Gasteiger partial charge in [-0.15, -0.1) is 0 Å². The van der Waals surface area contributed by atoms with E-state index in [-0.39, 0.29) is 33.5 Å². The van der Waals surface area contributed by atoms with Crippen LogP contribution in [0, 0.1) is 27.6 Å². The van der Waals surface area contributed by atoms with Gasteiger partial charge in [0, 0.05) is 27.2 Å². The van der Waals surface area contributed by atoms with Crippen LogP contribution in [0.2, 0.25) is 0 Å². The predicted octanol–water partition coefficient (Wildman–Crippen LogP) is 7.59. The molecular weight excluding hydrogens is 448 g/mol. The van der Waals surface area contributed by atoms with Crippen LogP contribution in [0.1, 0.15) is 83.1 Å². The van der Waals surface area contributed by atoms with Gasteiger partial charge in [-0.25, -0.2) is 0 Å². The van der Waals surface area contributed by atoms with Gasteiger partial charge >= 0.3 is 0 Å². The zero-order chi connectivity index (χ0) is 27.4. The summed E-state index contributed by atoms with van der Waals surface area (Å²) in [6, 6.07) is 0. The third-order valence-corrected chi connectivity index (χ3v) is 6.72. The molecule has 0 aromatic heterocycles. The number of ketones is 1. The van der Waals surface area contributed by atoms with Gasteiger partial charge in [0.05, 0.1) is 12.0 Å². The lowest BCUT2D eigenvalue weighted by molar-refractivity contribution is -0.127. The van der Waals surface area contributed by atoms with Crippen molar-refractivity contribution in [3.8, 4) is 0 Å². The molecule has 0 amide bonds. The summed E-state index contributed by atoms with van der Waals surface area (Å²) < 4.78 is 12.5. The van der Waals surface area contributed by atoms with Gasteiger partial charge in [-0.1, -0.05) is 89.2 Å². The average Bonchev–Trinajstić information content (AvgIpc) is 2.72. The van der Waals surface area contributed by atoms with Crippen LogP contribution in [-0.2, 0) is 14.3 Å². The number of hydrogen-bond acceptors (Lipinski definition) is 4. The van der Waals surface area contributed by atoms with E-state index in [1.54, 1.807) is 0 Å². The Hall–Kier alpha value is -2.33. The van der Waals surface area contributed by atoms with Crippen LogP contribution in [0.5, 0.6) is 0 Å². The number of Topliss-reactive ketones (excluding diaryl/α,β-unsaturated/α-hetero) is 1. The molecule has 1 fully saturated rings. The molecule has 4 heteroatoms. The van der Waals surface area contributed by atoms with Crippen LogP contribution in [0.15, 0.2) is 70.5 Å². The molecule has 4 nitrogen and oxygen atoms in total. The minimum Gasteiger partial charge on any atom is -0.490 e. The zero-order valence-corrected chi connectivity index (χ0v) is 24.4. The molecule has 2 aliphatic heterocycles. The van der Waals surface area contributed by atoms with Gasteiger partial charge in [0.1, 0.15) is 23.4 Å². The Morgan fingerprint density at radius 2 is 1.28 bits per heavy atom. The molecule has 3 unspecified atom stereocenters. The average molecular weight is 495 g/mol. The molecule has 0 aromatic rings. The Morgan fingerprint density at radius 3 is 1.69 bits per heavy atom. The summed E-state index contributed by atoms with van der Waals surface area (Å²) in [4.78, 5) is 13.2. The van der Waals surface area contributed by atoms with Crippen molar-refractivity contribution in [2.45, 2.75) is 95.3 Å². The van der Waals surface area contributed by atoms with E-state index >= 15 is 0 Å². The molecule has 1 saturated carbocycles. The lowest BCUT2D eigenvalue weighted by Gasteiger charge is -2.37. The van der Waals surface area contributed by atoms with Crippen LogP contribution < -0.4 is 0 Å². The molecule has 0 bridgehead atoms. The largest absolute Gasteiger partial charge is 0.490 e. The highest BCUT2D eigenvalue weighted by molar-refractivity contribution is 6.07. The Balaban J connectivity index is 1.94. The Labute approximate surface area is 218 Å². The first-order valence-electron chi connectivity index (χ1n) is 13.1. The second-order valence-electron chi connectivity index (χ2n) is 14.6. The lowest BCUT2D eigenvalue weighted by atomic mass is 9.73. The van der Waals surface area contributed by atoms with Crippen LogP contribution >= 0.6 is 0 Å². The minimum atomic E-state index is -0.839. The van der Waals surface area contributed by atoms with Crippen molar-refractivity contribution in [3.05, 3.63) is 70.5 Å². The molecule has 3 rings (SSSR count). The van der Waals surface area contributed by atoms with E-state index in [4.69, 9.17) is 9.47 Å². The predicted molar refractivity (Wildman–Crippen MR) is 147 cm³/mol. The first kappa shape index (κ1) is 28.2. The summed E-state index contributed by atoms with van der Waals surface area (Å²) in [7, 11) is 0. The van der Waals surface area contributed by atoms with E-state index in [1.807, 2.05) is 30.4 Å². The molecule has 3 atom stereocenters. The number of rotatable bonds is 2. The third kappa shape index (κ3) is 6.14. The number of aliphatic hydroxyl groups excluding tert-OH is 1. The van der Waals surface area contributed by atoms with Crippen LogP contribution in [-0.4, -0.2) is 23.1 Å². The smallest absolute Gasteiger partial charge is 0.171 e. The lowest BCUT2D eigenvalue weighted by Crippen LogP contribution is -2.44. The second-order valence-corrected chi connectivity index (χ2v) is 14.6. The van der Waals surface area contributed by atoms with Crippen molar-refractivity contribution >= 4 is 5.78 Å². The fraction of sp³-hybridized carbons (Fsp3) is 0.594. The van der Waals surface area contributed by atoms with Crippen LogP contribution in [0.25, 0.3) is 0 Å². The van der Waals surface area contributed by atoms with Crippen molar-refractivity contribution in [1.29, 1.82) is 0 Å². The van der Waals surface area contributed by atoms with Crippen molar-refractivity contribution in [2.24, 2.45) is 27.6 Å². The highest BCUT2D eigenvalue weighted by Crippen LogP contribution is 2.42. The SMILES string of the molecule is CC(C)(C)C1=CC(=CC2C(=O)C(=CC3=CC(C(C)(C)C)OC(C(C)(C)C)=C3)C2O)C=C(C(C)(C)C)O1. The van der Waals surface area contributed by atoms with Crippen molar-refractivity contribution in [2.75, 3.05) is 0 Å². The number of hydrogen-bond donors (Lipinski definition) is 1. The molecule has 3 aliphatic rings. The first-order valence-corrected chi connectivity index (χ1v) is 13.1. The standard InChI is InChI=1S/C32H46O4/c1-29(2,3)23-15-19(16-24(35-23)30(4,5)6)13-21-27(33)22(28(21)34)14-20-17-25(31(7,8)9)36-26(18-20)32(10,11)12/h13-18,21,25,27,33H,1-12H3. The number of allylic oxidation sites excluding steroid dienone is 9. The van der Waals surface area contributed by atoms with Gasteiger partial charge in [0.2, 0.25) is 0 Å². The zero-order valence-electron chi connectivity index (χ0n) is 24.4. The van der Waals surface area contributed by atoms with Gasteiger partial charge in [0.25, 0.3) is 0 Å². The molecule has 1 N–H and O–H groups in total. The van der Waals surface area contributed by atoms with Gasteiger partial charge in [-0.05, 0) is 41.5 Å².